The summed E-state index contributed by atoms with van der Waals surface area (Å²) in [5.74, 6) is 0. The molecule has 0 amide bonds. The second-order valence-electron chi connectivity index (χ2n) is 2.24. The summed E-state index contributed by atoms with van der Waals surface area (Å²) < 4.78 is 1.94. The predicted molar refractivity (Wildman–Crippen MR) is 42.1 cm³/mol. The Morgan fingerprint density at radius 2 is 2.50 bits per heavy atom. The highest BCUT2D eigenvalue weighted by molar-refractivity contribution is 5.36. The predicted octanol–water partition coefficient (Wildman–Crippen LogP) is 1.33. The zero-order valence-electron chi connectivity index (χ0n) is 6.46. The first-order valence-electron chi connectivity index (χ1n) is 3.57. The molecular weight excluding hydrogens is 126 g/mol. The van der Waals surface area contributed by atoms with Gasteiger partial charge in [0.15, 0.2) is 0 Å². The lowest BCUT2D eigenvalue weighted by molar-refractivity contribution is 0.603. The molecule has 0 bridgehead atoms. The maximum Gasteiger partial charge on any atom is 0.0723 e. The average Bonchev–Trinajstić information content (AvgIpc) is 2.37. The molecule has 1 rings (SSSR count). The van der Waals surface area contributed by atoms with E-state index in [0.717, 1.165) is 18.7 Å². The van der Waals surface area contributed by atoms with E-state index in [-0.39, 0.29) is 0 Å². The molecule has 0 aliphatic heterocycles. The summed E-state index contributed by atoms with van der Waals surface area (Å²) in [4.78, 5) is 0. The Morgan fingerprint density at radius 3 is 3.00 bits per heavy atom. The second-order valence-corrected chi connectivity index (χ2v) is 2.24. The van der Waals surface area contributed by atoms with Crippen LogP contribution >= 0.6 is 0 Å². The molecule has 0 aliphatic carbocycles. The lowest BCUT2D eigenvalue weighted by atomic mass is 10.5. The fourth-order valence-corrected chi connectivity index (χ4v) is 0.844. The molecule has 1 aromatic heterocycles. The van der Waals surface area contributed by atoms with Crippen molar-refractivity contribution in [3.63, 3.8) is 0 Å². The van der Waals surface area contributed by atoms with E-state index in [1.807, 2.05) is 24.1 Å². The first-order chi connectivity index (χ1) is 4.86. The van der Waals surface area contributed by atoms with Crippen molar-refractivity contribution in [2.45, 2.75) is 19.9 Å². The zero-order chi connectivity index (χ0) is 7.40. The topological polar surface area (TPSA) is 29.9 Å². The van der Waals surface area contributed by atoms with Gasteiger partial charge in [0.1, 0.15) is 0 Å². The van der Waals surface area contributed by atoms with Crippen LogP contribution in [0.5, 0.6) is 0 Å². The summed E-state index contributed by atoms with van der Waals surface area (Å²) in [6, 6.07) is 0. The molecule has 1 aromatic rings. The van der Waals surface area contributed by atoms with Crippen LogP contribution in [0.25, 0.3) is 0 Å². The van der Waals surface area contributed by atoms with Gasteiger partial charge in [0, 0.05) is 19.8 Å². The van der Waals surface area contributed by atoms with Crippen molar-refractivity contribution in [2.75, 3.05) is 12.4 Å². The second kappa shape index (κ2) is 3.25. The molecule has 10 heavy (non-hydrogen) atoms. The van der Waals surface area contributed by atoms with E-state index in [2.05, 4.69) is 17.3 Å². The number of nitrogens with zero attached hydrogens (tertiary/aromatic N) is 2. The first kappa shape index (κ1) is 7.12. The maximum atomic E-state index is 4.13. The minimum atomic E-state index is 1.00. The van der Waals surface area contributed by atoms with Gasteiger partial charge in [0.05, 0.1) is 11.9 Å². The van der Waals surface area contributed by atoms with Crippen LogP contribution in [0.15, 0.2) is 12.4 Å². The van der Waals surface area contributed by atoms with E-state index >= 15 is 0 Å². The van der Waals surface area contributed by atoms with Crippen LogP contribution in [-0.4, -0.2) is 16.8 Å². The first-order valence-corrected chi connectivity index (χ1v) is 3.57. The number of hydrogen-bond donors (Lipinski definition) is 1. The van der Waals surface area contributed by atoms with Gasteiger partial charge in [-0.1, -0.05) is 6.92 Å². The molecule has 0 saturated heterocycles. The van der Waals surface area contributed by atoms with Gasteiger partial charge in [-0.15, -0.1) is 0 Å². The Morgan fingerprint density at radius 1 is 1.70 bits per heavy atom. The highest BCUT2D eigenvalue weighted by Crippen LogP contribution is 2.02. The van der Waals surface area contributed by atoms with Crippen molar-refractivity contribution in [1.82, 2.24) is 9.78 Å². The van der Waals surface area contributed by atoms with E-state index in [1.54, 1.807) is 0 Å². The fraction of sp³-hybridized carbons (Fsp3) is 0.571. The van der Waals surface area contributed by atoms with E-state index in [4.69, 9.17) is 0 Å². The highest BCUT2D eigenvalue weighted by atomic mass is 15.3. The van der Waals surface area contributed by atoms with Gasteiger partial charge in [0.2, 0.25) is 0 Å². The van der Waals surface area contributed by atoms with E-state index < -0.39 is 0 Å². The molecule has 3 heteroatoms. The number of nitrogens with one attached hydrogen (secondary N) is 1. The summed E-state index contributed by atoms with van der Waals surface area (Å²) in [6.07, 6.45) is 4.96. The molecule has 0 radical (unpaired) electrons. The van der Waals surface area contributed by atoms with Gasteiger partial charge < -0.3 is 5.32 Å². The number of rotatable bonds is 3. The normalized spacial score (nSPS) is 9.80. The molecule has 3 nitrogen and oxygen atoms in total. The molecule has 0 aromatic carbocycles. The van der Waals surface area contributed by atoms with Crippen LogP contribution in [0.3, 0.4) is 0 Å². The fourth-order valence-electron chi connectivity index (χ4n) is 0.844. The van der Waals surface area contributed by atoms with Gasteiger partial charge in [-0.05, 0) is 6.42 Å². The Labute approximate surface area is 61.0 Å². The SMILES string of the molecule is CCCn1cc(NC)cn1. The lowest BCUT2D eigenvalue weighted by Gasteiger charge is -1.94. The van der Waals surface area contributed by atoms with Gasteiger partial charge in [-0.2, -0.15) is 5.10 Å². The molecule has 56 valence electrons. The van der Waals surface area contributed by atoms with Crippen molar-refractivity contribution >= 4 is 5.69 Å². The monoisotopic (exact) mass is 139 g/mol. The Hall–Kier alpha value is -0.990. The van der Waals surface area contributed by atoms with Crippen LogP contribution in [0, 0.1) is 0 Å². The van der Waals surface area contributed by atoms with E-state index in [9.17, 15) is 0 Å². The summed E-state index contributed by atoms with van der Waals surface area (Å²) in [5.41, 5.74) is 1.08. The van der Waals surface area contributed by atoms with Gasteiger partial charge in [-0.25, -0.2) is 0 Å². The van der Waals surface area contributed by atoms with Crippen molar-refractivity contribution in [2.24, 2.45) is 0 Å². The van der Waals surface area contributed by atoms with Crippen molar-refractivity contribution in [1.29, 1.82) is 0 Å². The Bertz CT molecular complexity index is 192. The molecule has 0 aliphatic rings. The van der Waals surface area contributed by atoms with Gasteiger partial charge >= 0.3 is 0 Å². The largest absolute Gasteiger partial charge is 0.386 e. The van der Waals surface area contributed by atoms with Crippen LogP contribution in [0.2, 0.25) is 0 Å². The van der Waals surface area contributed by atoms with Gasteiger partial charge in [-0.3, -0.25) is 4.68 Å². The van der Waals surface area contributed by atoms with Crippen LogP contribution in [0.1, 0.15) is 13.3 Å². The summed E-state index contributed by atoms with van der Waals surface area (Å²) >= 11 is 0. The zero-order valence-corrected chi connectivity index (χ0v) is 6.46. The Kier molecular flexibility index (Phi) is 2.31. The number of aryl methyl sites for hydroxylation is 1. The quantitative estimate of drug-likeness (QED) is 0.684. The third kappa shape index (κ3) is 1.50. The third-order valence-electron chi connectivity index (χ3n) is 1.37. The highest BCUT2D eigenvalue weighted by Gasteiger charge is 1.92. The molecule has 0 unspecified atom stereocenters. The smallest absolute Gasteiger partial charge is 0.0723 e. The van der Waals surface area contributed by atoms with Crippen LogP contribution in [0.4, 0.5) is 5.69 Å². The van der Waals surface area contributed by atoms with Crippen molar-refractivity contribution in [3.8, 4) is 0 Å². The van der Waals surface area contributed by atoms with E-state index in [0.29, 0.717) is 0 Å². The summed E-state index contributed by atoms with van der Waals surface area (Å²) in [6.45, 7) is 3.14. The minimum absolute atomic E-state index is 1.00. The lowest BCUT2D eigenvalue weighted by Crippen LogP contribution is -1.95. The van der Waals surface area contributed by atoms with Gasteiger partial charge in [0.25, 0.3) is 0 Å². The molecular formula is C7H13N3. The molecule has 0 fully saturated rings. The summed E-state index contributed by atoms with van der Waals surface area (Å²) in [7, 11) is 1.90. The van der Waals surface area contributed by atoms with E-state index in [1.165, 1.54) is 0 Å². The molecule has 0 atom stereocenters. The maximum absolute atomic E-state index is 4.13. The average molecular weight is 139 g/mol. The van der Waals surface area contributed by atoms with Crippen LogP contribution in [-0.2, 0) is 6.54 Å². The van der Waals surface area contributed by atoms with Crippen molar-refractivity contribution in [3.05, 3.63) is 12.4 Å². The molecule has 1 heterocycles. The summed E-state index contributed by atoms with van der Waals surface area (Å²) in [5, 5.41) is 7.15. The minimum Gasteiger partial charge on any atom is -0.386 e. The molecule has 0 saturated carbocycles. The number of anilines is 1. The Balaban J connectivity index is 2.59. The molecule has 0 spiro atoms. The molecule has 1 N–H and O–H groups in total. The third-order valence-corrected chi connectivity index (χ3v) is 1.37. The number of aromatic nitrogens is 2. The standard InChI is InChI=1S/C7H13N3/c1-3-4-10-6-7(8-2)5-9-10/h5-6,8H,3-4H2,1-2H3. The van der Waals surface area contributed by atoms with Crippen molar-refractivity contribution < 1.29 is 0 Å². The number of hydrogen-bond acceptors (Lipinski definition) is 2. The van der Waals surface area contributed by atoms with Crippen LogP contribution < -0.4 is 5.32 Å².